The molecular formula is C122H164Ir4N4O8-4. The molecule has 8 aromatic carbocycles. The van der Waals surface area contributed by atoms with Gasteiger partial charge in [0.15, 0.2) is 0 Å². The van der Waals surface area contributed by atoms with Crippen LogP contribution in [0.5, 0.6) is 0 Å². The van der Waals surface area contributed by atoms with Crippen molar-refractivity contribution in [2.75, 3.05) is 0 Å². The van der Waals surface area contributed by atoms with Gasteiger partial charge < -0.3 is 60.8 Å². The number of aromatic nitrogens is 4. The summed E-state index contributed by atoms with van der Waals surface area (Å²) in [5, 5.41) is 81.5. The van der Waals surface area contributed by atoms with Crippen molar-refractivity contribution in [2.24, 2.45) is 23.7 Å². The van der Waals surface area contributed by atoms with Crippen molar-refractivity contribution in [1.29, 1.82) is 0 Å². The van der Waals surface area contributed by atoms with E-state index in [4.69, 9.17) is 40.4 Å². The quantitative estimate of drug-likeness (QED) is 0.0235. The third kappa shape index (κ3) is 40.8. The monoisotopic (exact) mass is 2590 g/mol. The second-order valence-electron chi connectivity index (χ2n) is 40.7. The second-order valence-corrected chi connectivity index (χ2v) is 40.7. The van der Waals surface area contributed by atoms with Crippen molar-refractivity contribution >= 4 is 43.1 Å². The molecule has 0 fully saturated rings. The third-order valence-corrected chi connectivity index (χ3v) is 22.8. The Morgan fingerprint density at radius 2 is 0.674 bits per heavy atom. The van der Waals surface area contributed by atoms with E-state index < -0.39 is 24.4 Å². The molecule has 760 valence electrons. The first-order chi connectivity index (χ1) is 62.6. The predicted molar refractivity (Wildman–Crippen MR) is 573 cm³/mol. The second kappa shape index (κ2) is 61.1. The van der Waals surface area contributed by atoms with Gasteiger partial charge in [-0.15, -0.1) is 140 Å². The van der Waals surface area contributed by atoms with Crippen molar-refractivity contribution in [2.45, 2.75) is 334 Å². The smallest absolute Gasteiger partial charge is 0.0933 e. The zero-order valence-electron chi connectivity index (χ0n) is 89.5. The number of hydrogen-bond acceptors (Lipinski definition) is 12. The van der Waals surface area contributed by atoms with Crippen LogP contribution in [0.1, 0.15) is 343 Å². The number of aryl methyl sites for hydroxylation is 8. The van der Waals surface area contributed by atoms with E-state index in [-0.39, 0.29) is 110 Å². The number of benzene rings is 8. The molecule has 0 spiro atoms. The molecular weight excluding hydrogens is 2420 g/mol. The molecule has 8 N–H and O–H groups in total. The van der Waals surface area contributed by atoms with Crippen LogP contribution in [0.2, 0.25) is 0 Å². The van der Waals surface area contributed by atoms with E-state index in [1.807, 2.05) is 60.1 Å². The van der Waals surface area contributed by atoms with Crippen LogP contribution in [0.25, 0.3) is 88.1 Å². The summed E-state index contributed by atoms with van der Waals surface area (Å²) in [5.74, 6) is 5.97. The van der Waals surface area contributed by atoms with Crippen LogP contribution in [0, 0.1) is 103 Å². The number of aliphatic hydroxyl groups is 8. The molecule has 0 amide bonds. The molecule has 4 radical (unpaired) electrons. The van der Waals surface area contributed by atoms with Crippen LogP contribution in [-0.2, 0) is 80.4 Å². The number of nitrogens with zero attached hydrogens (tertiary/aromatic N) is 4. The number of allylic oxidation sites excluding steroid dienone is 4. The molecule has 4 heterocycles. The first-order valence-electron chi connectivity index (χ1n) is 48.6. The molecule has 0 bridgehead atoms. The van der Waals surface area contributed by atoms with Crippen molar-refractivity contribution in [3.05, 3.63) is 307 Å². The van der Waals surface area contributed by atoms with Gasteiger partial charge >= 0.3 is 0 Å². The topological polar surface area (TPSA) is 213 Å². The van der Waals surface area contributed by atoms with Crippen LogP contribution in [0.4, 0.5) is 0 Å². The number of rotatable bonds is 22. The third-order valence-electron chi connectivity index (χ3n) is 22.8. The van der Waals surface area contributed by atoms with Gasteiger partial charge in [-0.2, -0.15) is 0 Å². The maximum atomic E-state index is 9.47. The van der Waals surface area contributed by atoms with E-state index >= 15 is 0 Å². The fraction of sp³-hybridized carbons (Fsp3) is 0.443. The van der Waals surface area contributed by atoms with E-state index in [2.05, 4.69) is 332 Å². The van der Waals surface area contributed by atoms with E-state index in [0.29, 0.717) is 77.8 Å². The molecule has 0 aliphatic heterocycles. The van der Waals surface area contributed by atoms with Crippen LogP contribution in [-0.4, -0.2) is 85.2 Å². The molecule has 12 nitrogen and oxygen atoms in total. The number of hydrogen-bond donors (Lipinski definition) is 8. The SMILES string of the molecule is CC(C)C(O)=CC(O)C(C)C.CC(C)CC(O)=CC(O)CC(C)C.CC(O)=CC(C)O.CC(O)=CC(C)O.Cc1[c-]c(-c2ncc(C(C)C)c3c(C(C)C)cccc23)cc(C)c1.Cc1[c-]c(-c2nccc3c(C(C)C)cc(C(C)C)cc23)cc(C)c1.Cc1[c-]c(-c2nccc3c(C(C)C)cc(C(C)C)cc23)cc(C)c1.Cc1[c-]c(-c2nccc3cc(C(C)C)cc(C(C)C)c23)cc(C)c1.[Ir].[Ir].[Ir].[Ir]. The summed E-state index contributed by atoms with van der Waals surface area (Å²) >= 11 is 0. The normalized spacial score (nSPS) is 12.6. The molecule has 0 aliphatic rings. The fourth-order valence-corrected chi connectivity index (χ4v) is 16.2. The Balaban J connectivity index is 0.000000813. The average molecular weight is 2580 g/mol. The van der Waals surface area contributed by atoms with E-state index in [9.17, 15) is 20.4 Å². The summed E-state index contributed by atoms with van der Waals surface area (Å²) in [5.41, 5.74) is 29.3. The number of aliphatic hydroxyl groups excluding tert-OH is 8. The minimum Gasteiger partial charge on any atom is -0.513 e. The Kier molecular flexibility index (Phi) is 56.7. The van der Waals surface area contributed by atoms with Crippen molar-refractivity contribution in [3.8, 4) is 45.0 Å². The van der Waals surface area contributed by atoms with Gasteiger partial charge in [0, 0.05) is 118 Å². The molecule has 138 heavy (non-hydrogen) atoms. The summed E-state index contributed by atoms with van der Waals surface area (Å²) in [6, 6.07) is 58.5. The molecule has 4 unspecified atom stereocenters. The Morgan fingerprint density at radius 3 is 0.993 bits per heavy atom. The van der Waals surface area contributed by atoms with Crippen molar-refractivity contribution in [3.63, 3.8) is 0 Å². The first kappa shape index (κ1) is 128. The van der Waals surface area contributed by atoms with Gasteiger partial charge in [0.25, 0.3) is 0 Å². The first-order valence-corrected chi connectivity index (χ1v) is 48.6. The van der Waals surface area contributed by atoms with Crippen LogP contribution >= 0.6 is 0 Å². The van der Waals surface area contributed by atoms with Gasteiger partial charge in [-0.05, 0) is 252 Å². The molecule has 0 aliphatic carbocycles. The van der Waals surface area contributed by atoms with Gasteiger partial charge in [0.2, 0.25) is 0 Å². The Bertz CT molecular complexity index is 5570. The largest absolute Gasteiger partial charge is 0.513 e. The molecule has 12 rings (SSSR count). The summed E-state index contributed by atoms with van der Waals surface area (Å²) in [4.78, 5) is 19.1. The predicted octanol–water partition coefficient (Wildman–Crippen LogP) is 32.9. The Morgan fingerprint density at radius 1 is 0.326 bits per heavy atom. The zero-order chi connectivity index (χ0) is 101. The van der Waals surface area contributed by atoms with Crippen molar-refractivity contribution in [1.82, 2.24) is 19.9 Å². The van der Waals surface area contributed by atoms with Crippen LogP contribution < -0.4 is 0 Å². The molecule has 0 saturated carbocycles. The maximum Gasteiger partial charge on any atom is 0.0933 e. The summed E-state index contributed by atoms with van der Waals surface area (Å²) in [7, 11) is 0. The molecule has 0 saturated heterocycles. The van der Waals surface area contributed by atoms with Crippen LogP contribution in [0.3, 0.4) is 0 Å². The van der Waals surface area contributed by atoms with Gasteiger partial charge in [0.1, 0.15) is 0 Å². The minimum atomic E-state index is -0.537. The van der Waals surface area contributed by atoms with Gasteiger partial charge in [0.05, 0.1) is 47.5 Å². The zero-order valence-corrected chi connectivity index (χ0v) is 99.1. The van der Waals surface area contributed by atoms with E-state index in [0.717, 1.165) is 67.3 Å². The summed E-state index contributed by atoms with van der Waals surface area (Å²) < 4.78 is 0. The molecule has 4 atom stereocenters. The van der Waals surface area contributed by atoms with E-state index in [1.54, 1.807) is 19.9 Å². The van der Waals surface area contributed by atoms with Gasteiger partial charge in [-0.3, -0.25) is 0 Å². The fourth-order valence-electron chi connectivity index (χ4n) is 16.2. The summed E-state index contributed by atoms with van der Waals surface area (Å²) in [6.07, 6.45) is 12.9. The van der Waals surface area contributed by atoms with Gasteiger partial charge in [-0.25, -0.2) is 0 Å². The Hall–Kier alpha value is -8.00. The van der Waals surface area contributed by atoms with Crippen molar-refractivity contribution < 1.29 is 121 Å². The van der Waals surface area contributed by atoms with Crippen LogP contribution in [0.15, 0.2) is 193 Å². The van der Waals surface area contributed by atoms with Gasteiger partial charge in [-0.1, -0.05) is 276 Å². The Labute approximate surface area is 886 Å². The molecule has 16 heteroatoms. The van der Waals surface area contributed by atoms with E-state index in [1.165, 1.54) is 142 Å². The number of pyridine rings is 4. The summed E-state index contributed by atoms with van der Waals surface area (Å²) in [6.45, 7) is 75.1. The molecule has 12 aromatic rings. The minimum absolute atomic E-state index is 0. The average Bonchev–Trinajstić information content (AvgIpc) is 0.775. The molecule has 4 aromatic heterocycles. The number of fused-ring (bicyclic) bond motifs is 4. The standard InChI is InChI=1S/4C23H26N.C11H22O2.C9H18O2.2C5H10O2.4Ir/c2*1-14(2)18-12-21(15(3)4)20-7-8-24-23(22(20)13-18)19-10-16(5)9-17(6)11-19;1-14(2)19-12-18-7-8-24-23(22(18)21(13-19)15(3)4)20-10-16(5)9-17(6)11-20;1-14(2)19-8-7-9-20-22(19)21(15(3)4)13-24-23(20)18-11-16(5)10-17(6)12-18;1-8(2)5-10(12)7-11(13)6-9(3)4;1-6(2)8(10)5-9(11)7(3)4;2*1-4(6)3-5(2)7;;;;/h3*7-10,12-15H,1-6H3;7-11,13-15H,1-6H3;7-10,12-13H,5-6H2,1-4H3;5-8,10-11H,1-4H3;2*3-4,6-7H,1-2H3;;;;/q4*-1;;;;;;;;. The maximum absolute atomic E-state index is 9.47.